The molecule has 2 aromatic rings. The van der Waals surface area contributed by atoms with Crippen LogP contribution in [0.3, 0.4) is 0 Å². The summed E-state index contributed by atoms with van der Waals surface area (Å²) in [4.78, 5) is 4.36. The van der Waals surface area contributed by atoms with E-state index in [-0.39, 0.29) is 5.84 Å². The summed E-state index contributed by atoms with van der Waals surface area (Å²) in [7, 11) is 0. The number of benzene rings is 1. The lowest BCUT2D eigenvalue weighted by atomic mass is 9.90. The number of nitrogens with two attached hydrogens (primary N) is 1. The molecule has 0 amide bonds. The fraction of sp³-hybridized carbons (Fsp3) is 0.412. The normalized spacial score (nSPS) is 16.0. The molecule has 4 nitrogen and oxygen atoms in total. The second-order valence-corrected chi connectivity index (χ2v) is 5.75. The summed E-state index contributed by atoms with van der Waals surface area (Å²) in [6.07, 6.45) is 8.04. The molecule has 1 aliphatic rings. The number of nitrogens with zero attached hydrogens (tertiary/aromatic N) is 1. The second kappa shape index (κ2) is 6.12. The van der Waals surface area contributed by atoms with Gasteiger partial charge in [0.2, 0.25) is 0 Å². The zero-order chi connectivity index (χ0) is 14.7. The van der Waals surface area contributed by atoms with Gasteiger partial charge in [0.05, 0.1) is 17.7 Å². The Balaban J connectivity index is 1.90. The van der Waals surface area contributed by atoms with Gasteiger partial charge in [0.1, 0.15) is 11.6 Å². The van der Waals surface area contributed by atoms with Crippen molar-refractivity contribution in [2.75, 3.05) is 6.61 Å². The largest absolute Gasteiger partial charge is 0.492 e. The van der Waals surface area contributed by atoms with E-state index in [0.717, 1.165) is 10.9 Å². The fourth-order valence-electron chi connectivity index (χ4n) is 3.02. The highest BCUT2D eigenvalue weighted by atomic mass is 16.5. The lowest BCUT2D eigenvalue weighted by molar-refractivity contribution is 0.210. The van der Waals surface area contributed by atoms with Gasteiger partial charge in [0.25, 0.3) is 0 Å². The number of fused-ring (bicyclic) bond motifs is 1. The maximum absolute atomic E-state index is 7.73. The molecular weight excluding hydrogens is 262 g/mol. The zero-order valence-electron chi connectivity index (χ0n) is 12.1. The van der Waals surface area contributed by atoms with Crippen LogP contribution in [0.2, 0.25) is 0 Å². The molecule has 1 fully saturated rings. The van der Waals surface area contributed by atoms with Gasteiger partial charge >= 0.3 is 0 Å². The maximum atomic E-state index is 7.73. The highest BCUT2D eigenvalue weighted by Crippen LogP contribution is 2.30. The molecular formula is C17H21N3O. The van der Waals surface area contributed by atoms with Crippen LogP contribution in [0.4, 0.5) is 0 Å². The highest BCUT2D eigenvalue weighted by molar-refractivity contribution is 6.02. The van der Waals surface area contributed by atoms with Crippen LogP contribution in [0.5, 0.6) is 5.75 Å². The number of pyridine rings is 1. The van der Waals surface area contributed by atoms with Crippen LogP contribution >= 0.6 is 0 Å². The SMILES string of the molecule is N=C(N)c1cnc2ccccc2c1OCC1CCCCC1. The third kappa shape index (κ3) is 2.99. The molecule has 0 radical (unpaired) electrons. The van der Waals surface area contributed by atoms with Gasteiger partial charge in [-0.3, -0.25) is 10.4 Å². The van der Waals surface area contributed by atoms with E-state index in [1.165, 1.54) is 32.1 Å². The van der Waals surface area contributed by atoms with Crippen LogP contribution in [0.25, 0.3) is 10.9 Å². The summed E-state index contributed by atoms with van der Waals surface area (Å²) in [5, 5.41) is 8.66. The van der Waals surface area contributed by atoms with Gasteiger partial charge < -0.3 is 10.5 Å². The van der Waals surface area contributed by atoms with E-state index in [9.17, 15) is 0 Å². The zero-order valence-corrected chi connectivity index (χ0v) is 12.1. The van der Waals surface area contributed by atoms with Gasteiger partial charge in [-0.15, -0.1) is 0 Å². The Kier molecular flexibility index (Phi) is 4.04. The Morgan fingerprint density at radius 2 is 2.00 bits per heavy atom. The molecule has 0 aliphatic heterocycles. The number of rotatable bonds is 4. The third-order valence-electron chi connectivity index (χ3n) is 4.20. The van der Waals surface area contributed by atoms with Crippen molar-refractivity contribution in [1.82, 2.24) is 4.98 Å². The Morgan fingerprint density at radius 1 is 1.24 bits per heavy atom. The van der Waals surface area contributed by atoms with Gasteiger partial charge in [0.15, 0.2) is 0 Å². The predicted molar refractivity (Wildman–Crippen MR) is 84.8 cm³/mol. The molecule has 110 valence electrons. The second-order valence-electron chi connectivity index (χ2n) is 5.75. The molecule has 3 N–H and O–H groups in total. The average Bonchev–Trinajstić information content (AvgIpc) is 2.53. The molecule has 0 unspecified atom stereocenters. The molecule has 0 atom stereocenters. The van der Waals surface area contributed by atoms with E-state index >= 15 is 0 Å². The van der Waals surface area contributed by atoms with Crippen LogP contribution in [0.15, 0.2) is 30.5 Å². The van der Waals surface area contributed by atoms with Gasteiger partial charge in [-0.2, -0.15) is 0 Å². The van der Waals surface area contributed by atoms with Crippen molar-refractivity contribution in [2.45, 2.75) is 32.1 Å². The van der Waals surface area contributed by atoms with Crippen molar-refractivity contribution < 1.29 is 4.74 Å². The van der Waals surface area contributed by atoms with Crippen LogP contribution in [0.1, 0.15) is 37.7 Å². The van der Waals surface area contributed by atoms with Crippen LogP contribution < -0.4 is 10.5 Å². The highest BCUT2D eigenvalue weighted by Gasteiger charge is 2.17. The van der Waals surface area contributed by atoms with E-state index in [4.69, 9.17) is 15.9 Å². The molecule has 1 aliphatic carbocycles. The summed E-state index contributed by atoms with van der Waals surface area (Å²) in [5.74, 6) is 1.33. The summed E-state index contributed by atoms with van der Waals surface area (Å²) in [6.45, 7) is 0.703. The molecule has 0 spiro atoms. The van der Waals surface area contributed by atoms with Crippen LogP contribution in [0, 0.1) is 11.3 Å². The first-order valence-corrected chi connectivity index (χ1v) is 7.60. The van der Waals surface area contributed by atoms with Crippen LogP contribution in [-0.4, -0.2) is 17.4 Å². The number of nitrogens with one attached hydrogen (secondary N) is 1. The van der Waals surface area contributed by atoms with E-state index in [1.54, 1.807) is 6.20 Å². The third-order valence-corrected chi connectivity index (χ3v) is 4.20. The lowest BCUT2D eigenvalue weighted by Gasteiger charge is -2.22. The van der Waals surface area contributed by atoms with E-state index < -0.39 is 0 Å². The standard InChI is InChI=1S/C17H21N3O/c18-17(19)14-10-20-15-9-5-4-8-13(15)16(14)21-11-12-6-2-1-3-7-12/h4-5,8-10,12H,1-3,6-7,11H2,(H3,18,19). The van der Waals surface area contributed by atoms with Gasteiger partial charge in [-0.25, -0.2) is 0 Å². The Morgan fingerprint density at radius 3 is 2.76 bits per heavy atom. The summed E-state index contributed by atoms with van der Waals surface area (Å²) in [5.41, 5.74) is 7.14. The number of aromatic nitrogens is 1. The summed E-state index contributed by atoms with van der Waals surface area (Å²) in [6, 6.07) is 7.84. The fourth-order valence-corrected chi connectivity index (χ4v) is 3.02. The molecule has 0 saturated heterocycles. The van der Waals surface area contributed by atoms with E-state index in [0.29, 0.717) is 23.8 Å². The number of nitrogen functional groups attached to an aromatic ring is 1. The van der Waals surface area contributed by atoms with E-state index in [2.05, 4.69) is 4.98 Å². The molecule has 3 rings (SSSR count). The van der Waals surface area contributed by atoms with E-state index in [1.807, 2.05) is 24.3 Å². The van der Waals surface area contributed by atoms with Crippen molar-refractivity contribution in [3.63, 3.8) is 0 Å². The minimum absolute atomic E-state index is 0.00639. The first kappa shape index (κ1) is 13.9. The number of para-hydroxylation sites is 1. The Hall–Kier alpha value is -2.10. The smallest absolute Gasteiger partial charge is 0.141 e. The molecule has 1 saturated carbocycles. The summed E-state index contributed by atoms with van der Waals surface area (Å²) >= 11 is 0. The average molecular weight is 283 g/mol. The van der Waals surface area contributed by atoms with Crippen molar-refractivity contribution >= 4 is 16.7 Å². The first-order valence-electron chi connectivity index (χ1n) is 7.60. The predicted octanol–water partition coefficient (Wildman–Crippen LogP) is 3.48. The Labute approximate surface area is 124 Å². The quantitative estimate of drug-likeness (QED) is 0.666. The van der Waals surface area contributed by atoms with Crippen LogP contribution in [-0.2, 0) is 0 Å². The minimum atomic E-state index is 0.00639. The minimum Gasteiger partial charge on any atom is -0.492 e. The van der Waals surface area contributed by atoms with Crippen molar-refractivity contribution in [3.05, 3.63) is 36.0 Å². The Bertz CT molecular complexity index is 648. The number of hydrogen-bond acceptors (Lipinski definition) is 3. The molecule has 1 heterocycles. The number of ether oxygens (including phenoxy) is 1. The number of amidine groups is 1. The molecule has 21 heavy (non-hydrogen) atoms. The lowest BCUT2D eigenvalue weighted by Crippen LogP contribution is -2.18. The topological polar surface area (TPSA) is 72.0 Å². The van der Waals surface area contributed by atoms with Crippen molar-refractivity contribution in [3.8, 4) is 5.75 Å². The summed E-state index contributed by atoms with van der Waals surface area (Å²) < 4.78 is 6.09. The molecule has 1 aromatic heterocycles. The van der Waals surface area contributed by atoms with Gasteiger partial charge in [0, 0.05) is 11.6 Å². The van der Waals surface area contributed by atoms with Crippen molar-refractivity contribution in [1.29, 1.82) is 5.41 Å². The molecule has 1 aromatic carbocycles. The van der Waals surface area contributed by atoms with Gasteiger partial charge in [-0.05, 0) is 30.9 Å². The maximum Gasteiger partial charge on any atom is 0.141 e. The first-order chi connectivity index (χ1) is 10.3. The molecule has 0 bridgehead atoms. The van der Waals surface area contributed by atoms with Crippen molar-refractivity contribution in [2.24, 2.45) is 11.7 Å². The molecule has 4 heteroatoms. The monoisotopic (exact) mass is 283 g/mol. The van der Waals surface area contributed by atoms with Gasteiger partial charge in [-0.1, -0.05) is 31.4 Å². The number of hydrogen-bond donors (Lipinski definition) is 2.